The lowest BCUT2D eigenvalue weighted by atomic mass is 10.1. The van der Waals surface area contributed by atoms with Crippen LogP contribution in [0.25, 0.3) is 11.0 Å². The number of hydrogen-bond acceptors (Lipinski definition) is 4. The van der Waals surface area contributed by atoms with Crippen LogP contribution in [0.1, 0.15) is 17.4 Å². The van der Waals surface area contributed by atoms with Crippen molar-refractivity contribution >= 4 is 11.0 Å². The Bertz CT molecular complexity index is 761. The molecule has 1 aliphatic rings. The number of rotatable bonds is 6. The van der Waals surface area contributed by atoms with Crippen molar-refractivity contribution < 1.29 is 9.15 Å². The SMILES string of the molecule is c1ccc([C@@H](CN2CCOCC2)NCc2cc3ccccc3o2)cc1. The number of para-hydroxylation sites is 1. The summed E-state index contributed by atoms with van der Waals surface area (Å²) >= 11 is 0. The van der Waals surface area contributed by atoms with Crippen molar-refractivity contribution in [3.63, 3.8) is 0 Å². The quantitative estimate of drug-likeness (QED) is 0.746. The fourth-order valence-electron chi connectivity index (χ4n) is 3.36. The zero-order chi connectivity index (χ0) is 16.9. The van der Waals surface area contributed by atoms with E-state index in [1.54, 1.807) is 0 Å². The molecular weight excluding hydrogens is 312 g/mol. The van der Waals surface area contributed by atoms with E-state index >= 15 is 0 Å². The topological polar surface area (TPSA) is 37.6 Å². The summed E-state index contributed by atoms with van der Waals surface area (Å²) < 4.78 is 11.4. The second-order valence-corrected chi connectivity index (χ2v) is 6.51. The summed E-state index contributed by atoms with van der Waals surface area (Å²) in [5.74, 6) is 0.976. The van der Waals surface area contributed by atoms with Gasteiger partial charge in [-0.05, 0) is 17.7 Å². The monoisotopic (exact) mass is 336 g/mol. The first-order valence-electron chi connectivity index (χ1n) is 8.94. The van der Waals surface area contributed by atoms with Crippen LogP contribution < -0.4 is 5.32 Å². The van der Waals surface area contributed by atoms with E-state index in [9.17, 15) is 0 Å². The van der Waals surface area contributed by atoms with Crippen molar-refractivity contribution in [2.24, 2.45) is 0 Å². The van der Waals surface area contributed by atoms with Crippen molar-refractivity contribution in [3.8, 4) is 0 Å². The summed E-state index contributed by atoms with van der Waals surface area (Å²) in [6.45, 7) is 5.34. The minimum absolute atomic E-state index is 0.271. The molecule has 0 aliphatic carbocycles. The van der Waals surface area contributed by atoms with E-state index in [2.05, 4.69) is 52.7 Å². The van der Waals surface area contributed by atoms with E-state index in [0.29, 0.717) is 0 Å². The van der Waals surface area contributed by atoms with Gasteiger partial charge >= 0.3 is 0 Å². The molecule has 1 N–H and O–H groups in total. The molecule has 2 aromatic carbocycles. The third-order valence-electron chi connectivity index (χ3n) is 4.75. The van der Waals surface area contributed by atoms with Gasteiger partial charge in [0.2, 0.25) is 0 Å². The van der Waals surface area contributed by atoms with E-state index in [4.69, 9.17) is 9.15 Å². The van der Waals surface area contributed by atoms with Crippen LogP contribution in [0.4, 0.5) is 0 Å². The Morgan fingerprint density at radius 1 is 0.960 bits per heavy atom. The van der Waals surface area contributed by atoms with Crippen LogP contribution in [-0.4, -0.2) is 37.7 Å². The smallest absolute Gasteiger partial charge is 0.134 e. The number of ether oxygens (including phenoxy) is 1. The molecule has 0 saturated carbocycles. The molecule has 2 heterocycles. The van der Waals surface area contributed by atoms with Crippen LogP contribution in [-0.2, 0) is 11.3 Å². The van der Waals surface area contributed by atoms with E-state index in [1.807, 2.05) is 18.2 Å². The molecule has 0 amide bonds. The number of nitrogens with zero attached hydrogens (tertiary/aromatic N) is 1. The summed E-state index contributed by atoms with van der Waals surface area (Å²) in [5, 5.41) is 4.84. The van der Waals surface area contributed by atoms with Gasteiger partial charge in [0.1, 0.15) is 11.3 Å². The second kappa shape index (κ2) is 7.83. The maximum atomic E-state index is 5.95. The van der Waals surface area contributed by atoms with Crippen LogP contribution in [0.5, 0.6) is 0 Å². The molecule has 130 valence electrons. The Hall–Kier alpha value is -2.14. The Kier molecular flexibility index (Phi) is 5.11. The van der Waals surface area contributed by atoms with E-state index < -0.39 is 0 Å². The van der Waals surface area contributed by atoms with Gasteiger partial charge in [-0.15, -0.1) is 0 Å². The van der Waals surface area contributed by atoms with Crippen molar-refractivity contribution in [2.45, 2.75) is 12.6 Å². The number of benzene rings is 2. The first-order chi connectivity index (χ1) is 12.4. The number of morpholine rings is 1. The van der Waals surface area contributed by atoms with Crippen molar-refractivity contribution in [1.82, 2.24) is 10.2 Å². The molecule has 1 aliphatic heterocycles. The van der Waals surface area contributed by atoms with Gasteiger partial charge in [0.15, 0.2) is 0 Å². The highest BCUT2D eigenvalue weighted by atomic mass is 16.5. The van der Waals surface area contributed by atoms with E-state index in [0.717, 1.165) is 56.1 Å². The lowest BCUT2D eigenvalue weighted by Gasteiger charge is -2.31. The van der Waals surface area contributed by atoms with Crippen molar-refractivity contribution in [2.75, 3.05) is 32.8 Å². The Labute approximate surface area is 148 Å². The molecule has 4 heteroatoms. The van der Waals surface area contributed by atoms with Crippen LogP contribution in [0.3, 0.4) is 0 Å². The fourth-order valence-corrected chi connectivity index (χ4v) is 3.36. The molecule has 4 rings (SSSR count). The molecule has 0 radical (unpaired) electrons. The van der Waals surface area contributed by atoms with Gasteiger partial charge in [0.25, 0.3) is 0 Å². The van der Waals surface area contributed by atoms with Crippen molar-refractivity contribution in [3.05, 3.63) is 72.0 Å². The largest absolute Gasteiger partial charge is 0.460 e. The Morgan fingerprint density at radius 2 is 1.72 bits per heavy atom. The predicted octanol–water partition coefficient (Wildman–Crippen LogP) is 3.60. The highest BCUT2D eigenvalue weighted by Crippen LogP contribution is 2.20. The molecular formula is C21H24N2O2. The highest BCUT2D eigenvalue weighted by molar-refractivity contribution is 5.77. The van der Waals surface area contributed by atoms with E-state index in [-0.39, 0.29) is 6.04 Å². The lowest BCUT2D eigenvalue weighted by molar-refractivity contribution is 0.0332. The summed E-state index contributed by atoms with van der Waals surface area (Å²) in [6.07, 6.45) is 0. The molecule has 1 fully saturated rings. The van der Waals surface area contributed by atoms with Gasteiger partial charge < -0.3 is 14.5 Å². The molecule has 0 bridgehead atoms. The third kappa shape index (κ3) is 4.10. The molecule has 0 spiro atoms. The van der Waals surface area contributed by atoms with Crippen LogP contribution in [0.15, 0.2) is 65.1 Å². The lowest BCUT2D eigenvalue weighted by Crippen LogP contribution is -2.41. The molecule has 0 unspecified atom stereocenters. The summed E-state index contributed by atoms with van der Waals surface area (Å²) in [4.78, 5) is 2.47. The standard InChI is InChI=1S/C21H24N2O2/c1-2-6-17(7-3-1)20(16-23-10-12-24-13-11-23)22-15-19-14-18-8-4-5-9-21(18)25-19/h1-9,14,20,22H,10-13,15-16H2/t20-/m1/s1. The molecule has 1 atom stereocenters. The Morgan fingerprint density at radius 3 is 2.52 bits per heavy atom. The summed E-state index contributed by atoms with van der Waals surface area (Å²) in [5.41, 5.74) is 2.26. The first kappa shape index (κ1) is 16.3. The summed E-state index contributed by atoms with van der Waals surface area (Å²) in [7, 11) is 0. The molecule has 1 saturated heterocycles. The maximum Gasteiger partial charge on any atom is 0.134 e. The predicted molar refractivity (Wildman–Crippen MR) is 99.5 cm³/mol. The van der Waals surface area contributed by atoms with E-state index in [1.165, 1.54) is 5.56 Å². The van der Waals surface area contributed by atoms with Gasteiger partial charge in [0.05, 0.1) is 19.8 Å². The highest BCUT2D eigenvalue weighted by Gasteiger charge is 2.18. The molecule has 1 aromatic heterocycles. The number of hydrogen-bond donors (Lipinski definition) is 1. The Balaban J connectivity index is 1.47. The van der Waals surface area contributed by atoms with Crippen LogP contribution in [0, 0.1) is 0 Å². The van der Waals surface area contributed by atoms with Gasteiger partial charge in [-0.2, -0.15) is 0 Å². The van der Waals surface area contributed by atoms with Crippen molar-refractivity contribution in [1.29, 1.82) is 0 Å². The first-order valence-corrected chi connectivity index (χ1v) is 8.94. The maximum absolute atomic E-state index is 5.95. The average Bonchev–Trinajstić information content (AvgIpc) is 3.09. The number of furan rings is 1. The zero-order valence-corrected chi connectivity index (χ0v) is 14.4. The van der Waals surface area contributed by atoms with Crippen LogP contribution >= 0.6 is 0 Å². The van der Waals surface area contributed by atoms with Gasteiger partial charge in [0, 0.05) is 31.1 Å². The second-order valence-electron chi connectivity index (χ2n) is 6.51. The fraction of sp³-hybridized carbons (Fsp3) is 0.333. The van der Waals surface area contributed by atoms with Gasteiger partial charge in [-0.25, -0.2) is 0 Å². The molecule has 3 aromatic rings. The number of fused-ring (bicyclic) bond motifs is 1. The summed E-state index contributed by atoms with van der Waals surface area (Å²) in [6, 6.07) is 21.2. The zero-order valence-electron chi connectivity index (χ0n) is 14.4. The minimum atomic E-state index is 0.271. The van der Waals surface area contributed by atoms with Crippen LogP contribution in [0.2, 0.25) is 0 Å². The molecule has 25 heavy (non-hydrogen) atoms. The number of nitrogens with one attached hydrogen (secondary N) is 1. The molecule has 4 nitrogen and oxygen atoms in total. The van der Waals surface area contributed by atoms with Gasteiger partial charge in [-0.3, -0.25) is 4.90 Å². The normalized spacial score (nSPS) is 17.0. The average molecular weight is 336 g/mol. The minimum Gasteiger partial charge on any atom is -0.460 e. The third-order valence-corrected chi connectivity index (χ3v) is 4.75. The van der Waals surface area contributed by atoms with Gasteiger partial charge in [-0.1, -0.05) is 48.5 Å².